The molecule has 0 spiro atoms. The zero-order valence-corrected chi connectivity index (χ0v) is 15.4. The van der Waals surface area contributed by atoms with Gasteiger partial charge in [-0.1, -0.05) is 65.3 Å². The molecule has 6 nitrogen and oxygen atoms in total. The monoisotopic (exact) mass is 393 g/mol. The van der Waals surface area contributed by atoms with Crippen molar-refractivity contribution < 1.29 is 4.79 Å². The van der Waals surface area contributed by atoms with Crippen molar-refractivity contribution in [2.24, 2.45) is 0 Å². The molecule has 0 unspecified atom stereocenters. The Labute approximate surface area is 158 Å². The summed E-state index contributed by atoms with van der Waals surface area (Å²) in [6, 6.07) is 11.1. The standard InChI is InChI=1S/C16H13Cl2N5OS/c1-9(15(24)20-14-12(18)7-11(17)8-19-14)25-16-21-13(22-23-16)10-5-3-2-4-6-10/h2-9H,1H3,(H,19,20,24)(H,21,22,23)/t9-/m0/s1. The van der Waals surface area contributed by atoms with Gasteiger partial charge in [-0.3, -0.25) is 9.89 Å². The molecule has 25 heavy (non-hydrogen) atoms. The van der Waals surface area contributed by atoms with E-state index in [0.29, 0.717) is 16.0 Å². The fraction of sp³-hybridized carbons (Fsp3) is 0.125. The molecule has 0 aliphatic rings. The molecule has 3 aromatic rings. The third-order valence-corrected chi connectivity index (χ3v) is 4.67. The highest BCUT2D eigenvalue weighted by Crippen LogP contribution is 2.26. The molecule has 0 aliphatic heterocycles. The SMILES string of the molecule is C[C@H](Sc1n[nH]c(-c2ccccc2)n1)C(=O)Nc1ncc(Cl)cc1Cl. The Balaban J connectivity index is 1.65. The highest BCUT2D eigenvalue weighted by molar-refractivity contribution is 8.00. The van der Waals surface area contributed by atoms with E-state index in [-0.39, 0.29) is 16.7 Å². The van der Waals surface area contributed by atoms with Crippen molar-refractivity contribution in [3.63, 3.8) is 0 Å². The van der Waals surface area contributed by atoms with Crippen LogP contribution in [0.25, 0.3) is 11.4 Å². The van der Waals surface area contributed by atoms with E-state index < -0.39 is 5.25 Å². The van der Waals surface area contributed by atoms with Crippen LogP contribution in [-0.2, 0) is 4.79 Å². The molecule has 3 rings (SSSR count). The second kappa shape index (κ2) is 7.86. The molecule has 0 saturated carbocycles. The number of pyridine rings is 1. The maximum Gasteiger partial charge on any atom is 0.238 e. The van der Waals surface area contributed by atoms with E-state index in [1.54, 1.807) is 6.92 Å². The van der Waals surface area contributed by atoms with Crippen LogP contribution in [0.4, 0.5) is 5.82 Å². The van der Waals surface area contributed by atoms with Gasteiger partial charge in [-0.25, -0.2) is 9.97 Å². The Morgan fingerprint density at radius 3 is 2.76 bits per heavy atom. The normalized spacial score (nSPS) is 12.0. The number of carbonyl (C=O) groups excluding carboxylic acids is 1. The summed E-state index contributed by atoms with van der Waals surface area (Å²) < 4.78 is 0. The largest absolute Gasteiger partial charge is 0.308 e. The van der Waals surface area contributed by atoms with Gasteiger partial charge in [-0.05, 0) is 13.0 Å². The number of carbonyl (C=O) groups is 1. The molecule has 2 N–H and O–H groups in total. The first kappa shape index (κ1) is 17.7. The second-order valence-electron chi connectivity index (χ2n) is 5.07. The molecule has 0 bridgehead atoms. The summed E-state index contributed by atoms with van der Waals surface area (Å²) in [6.07, 6.45) is 1.42. The van der Waals surface area contributed by atoms with Gasteiger partial charge in [0.05, 0.1) is 15.3 Å². The van der Waals surface area contributed by atoms with Crippen LogP contribution >= 0.6 is 35.0 Å². The number of anilines is 1. The lowest BCUT2D eigenvalue weighted by molar-refractivity contribution is -0.115. The molecule has 2 aromatic heterocycles. The number of thioether (sulfide) groups is 1. The smallest absolute Gasteiger partial charge is 0.238 e. The Hall–Kier alpha value is -2.09. The lowest BCUT2D eigenvalue weighted by Gasteiger charge is -2.10. The van der Waals surface area contributed by atoms with Gasteiger partial charge in [-0.15, -0.1) is 5.10 Å². The van der Waals surface area contributed by atoms with Crippen molar-refractivity contribution in [1.82, 2.24) is 20.2 Å². The Kier molecular flexibility index (Phi) is 5.57. The van der Waals surface area contributed by atoms with Crippen LogP contribution in [0, 0.1) is 0 Å². The summed E-state index contributed by atoms with van der Waals surface area (Å²) in [4.78, 5) is 20.7. The number of aromatic amines is 1. The van der Waals surface area contributed by atoms with E-state index in [4.69, 9.17) is 23.2 Å². The van der Waals surface area contributed by atoms with Crippen molar-refractivity contribution in [3.05, 3.63) is 52.6 Å². The number of rotatable bonds is 5. The zero-order valence-electron chi connectivity index (χ0n) is 13.0. The van der Waals surface area contributed by atoms with E-state index in [2.05, 4.69) is 25.5 Å². The van der Waals surface area contributed by atoms with Gasteiger partial charge < -0.3 is 5.32 Å². The Morgan fingerprint density at radius 2 is 2.04 bits per heavy atom. The van der Waals surface area contributed by atoms with Gasteiger partial charge in [0.2, 0.25) is 11.1 Å². The van der Waals surface area contributed by atoms with E-state index >= 15 is 0 Å². The number of halogens is 2. The number of hydrogen-bond donors (Lipinski definition) is 2. The fourth-order valence-electron chi connectivity index (χ4n) is 1.96. The maximum absolute atomic E-state index is 12.3. The molecular weight excluding hydrogens is 381 g/mol. The second-order valence-corrected chi connectivity index (χ2v) is 7.22. The first-order valence-corrected chi connectivity index (χ1v) is 8.93. The molecule has 128 valence electrons. The first-order chi connectivity index (χ1) is 12.0. The minimum Gasteiger partial charge on any atom is -0.308 e. The predicted molar refractivity (Wildman–Crippen MR) is 100 cm³/mol. The lowest BCUT2D eigenvalue weighted by Crippen LogP contribution is -2.23. The molecule has 1 atom stereocenters. The number of H-pyrrole nitrogens is 1. The van der Waals surface area contributed by atoms with Crippen molar-refractivity contribution >= 4 is 46.7 Å². The molecule has 9 heteroatoms. The number of amides is 1. The molecule has 0 radical (unpaired) electrons. The van der Waals surface area contributed by atoms with Gasteiger partial charge in [0.15, 0.2) is 11.6 Å². The summed E-state index contributed by atoms with van der Waals surface area (Å²) >= 11 is 13.0. The van der Waals surface area contributed by atoms with Crippen molar-refractivity contribution in [2.45, 2.75) is 17.3 Å². The van der Waals surface area contributed by atoms with Crippen LogP contribution in [0.5, 0.6) is 0 Å². The number of aromatic nitrogens is 4. The molecule has 0 aliphatic carbocycles. The first-order valence-electron chi connectivity index (χ1n) is 7.29. The fourth-order valence-corrected chi connectivity index (χ4v) is 3.11. The lowest BCUT2D eigenvalue weighted by atomic mass is 10.2. The summed E-state index contributed by atoms with van der Waals surface area (Å²) in [7, 11) is 0. The van der Waals surface area contributed by atoms with E-state index in [9.17, 15) is 4.79 Å². The van der Waals surface area contributed by atoms with Gasteiger partial charge in [-0.2, -0.15) is 0 Å². The number of nitrogens with zero attached hydrogens (tertiary/aromatic N) is 3. The average molecular weight is 394 g/mol. The summed E-state index contributed by atoms with van der Waals surface area (Å²) in [5.41, 5.74) is 0.927. The summed E-state index contributed by atoms with van der Waals surface area (Å²) in [6.45, 7) is 1.75. The van der Waals surface area contributed by atoms with Crippen LogP contribution in [-0.4, -0.2) is 31.3 Å². The number of benzene rings is 1. The van der Waals surface area contributed by atoms with Gasteiger partial charge >= 0.3 is 0 Å². The number of hydrogen-bond acceptors (Lipinski definition) is 5. The van der Waals surface area contributed by atoms with Crippen molar-refractivity contribution in [3.8, 4) is 11.4 Å². The van der Waals surface area contributed by atoms with Crippen LogP contribution in [0.3, 0.4) is 0 Å². The molecule has 1 aromatic carbocycles. The number of nitrogens with one attached hydrogen (secondary N) is 2. The minimum atomic E-state index is -0.437. The summed E-state index contributed by atoms with van der Waals surface area (Å²) in [5.74, 6) is 0.661. The molecule has 2 heterocycles. The quantitative estimate of drug-likeness (QED) is 0.631. The molecular formula is C16H13Cl2N5OS. The van der Waals surface area contributed by atoms with E-state index in [0.717, 1.165) is 5.56 Å². The van der Waals surface area contributed by atoms with Crippen molar-refractivity contribution in [2.75, 3.05) is 5.32 Å². The van der Waals surface area contributed by atoms with Gasteiger partial charge in [0.1, 0.15) is 0 Å². The molecule has 1 amide bonds. The van der Waals surface area contributed by atoms with Crippen LogP contribution in [0.2, 0.25) is 10.0 Å². The van der Waals surface area contributed by atoms with Crippen LogP contribution in [0.1, 0.15) is 6.92 Å². The third-order valence-electron chi connectivity index (χ3n) is 3.21. The van der Waals surface area contributed by atoms with E-state index in [1.165, 1.54) is 24.0 Å². The van der Waals surface area contributed by atoms with Crippen LogP contribution in [0.15, 0.2) is 47.8 Å². The maximum atomic E-state index is 12.3. The van der Waals surface area contributed by atoms with Crippen LogP contribution < -0.4 is 5.32 Å². The van der Waals surface area contributed by atoms with E-state index in [1.807, 2.05) is 30.3 Å². The summed E-state index contributed by atoms with van der Waals surface area (Å²) in [5, 5.41) is 10.4. The minimum absolute atomic E-state index is 0.257. The van der Waals surface area contributed by atoms with Gasteiger partial charge in [0, 0.05) is 11.8 Å². The Morgan fingerprint density at radius 1 is 1.28 bits per heavy atom. The van der Waals surface area contributed by atoms with Crippen molar-refractivity contribution in [1.29, 1.82) is 0 Å². The molecule has 0 saturated heterocycles. The Bertz CT molecular complexity index is 887. The van der Waals surface area contributed by atoms with Gasteiger partial charge in [0.25, 0.3) is 0 Å². The topological polar surface area (TPSA) is 83.6 Å². The third kappa shape index (κ3) is 4.50. The zero-order chi connectivity index (χ0) is 17.8. The molecule has 0 fully saturated rings. The highest BCUT2D eigenvalue weighted by atomic mass is 35.5. The highest BCUT2D eigenvalue weighted by Gasteiger charge is 2.19. The average Bonchev–Trinajstić information content (AvgIpc) is 3.06. The predicted octanol–water partition coefficient (Wildman–Crippen LogP) is 4.29.